The second kappa shape index (κ2) is 5.70. The standard InChI is InChI=1S/C13H14ClN3O2S/c1-16-20(18,19)13-5-3-2-4-11(13)17-12-8-9(15)6-7-10(12)14/h2-8,16-17H,15H2,1H3. The lowest BCUT2D eigenvalue weighted by molar-refractivity contribution is 0.588. The molecule has 0 heterocycles. The van der Waals surface area contributed by atoms with E-state index in [1.807, 2.05) is 0 Å². The van der Waals surface area contributed by atoms with E-state index in [1.54, 1.807) is 36.4 Å². The third-order valence-electron chi connectivity index (χ3n) is 2.71. The number of halogens is 1. The molecule has 0 saturated carbocycles. The van der Waals surface area contributed by atoms with E-state index in [9.17, 15) is 8.42 Å². The zero-order valence-electron chi connectivity index (χ0n) is 10.7. The van der Waals surface area contributed by atoms with E-state index >= 15 is 0 Å². The van der Waals surface area contributed by atoms with E-state index in [0.717, 1.165) is 0 Å². The van der Waals surface area contributed by atoms with Crippen LogP contribution >= 0.6 is 11.6 Å². The van der Waals surface area contributed by atoms with Crippen LogP contribution in [-0.2, 0) is 10.0 Å². The Kier molecular flexibility index (Phi) is 4.17. The van der Waals surface area contributed by atoms with Crippen molar-refractivity contribution in [3.05, 3.63) is 47.5 Å². The largest absolute Gasteiger partial charge is 0.399 e. The third-order valence-corrected chi connectivity index (χ3v) is 4.51. The molecule has 0 atom stereocenters. The Balaban J connectivity index is 2.47. The Labute approximate surface area is 122 Å². The lowest BCUT2D eigenvalue weighted by atomic mass is 10.2. The van der Waals surface area contributed by atoms with Gasteiger partial charge in [-0.15, -0.1) is 0 Å². The number of para-hydroxylation sites is 1. The molecule has 0 bridgehead atoms. The monoisotopic (exact) mass is 311 g/mol. The molecule has 0 radical (unpaired) electrons. The van der Waals surface area contributed by atoms with Crippen LogP contribution in [0.2, 0.25) is 5.02 Å². The molecule has 20 heavy (non-hydrogen) atoms. The minimum atomic E-state index is -3.56. The molecule has 0 aliphatic carbocycles. The Morgan fingerprint density at radius 3 is 2.50 bits per heavy atom. The average Bonchev–Trinajstić information content (AvgIpc) is 2.43. The number of nitrogens with two attached hydrogens (primary N) is 1. The first-order chi connectivity index (χ1) is 9.44. The number of anilines is 3. The molecule has 2 aromatic carbocycles. The van der Waals surface area contributed by atoms with Gasteiger partial charge in [-0.1, -0.05) is 23.7 Å². The van der Waals surface area contributed by atoms with E-state index in [-0.39, 0.29) is 4.90 Å². The number of nitrogens with one attached hydrogen (secondary N) is 2. The van der Waals surface area contributed by atoms with Crippen molar-refractivity contribution < 1.29 is 8.42 Å². The van der Waals surface area contributed by atoms with Gasteiger partial charge >= 0.3 is 0 Å². The van der Waals surface area contributed by atoms with Crippen molar-refractivity contribution in [3.8, 4) is 0 Å². The van der Waals surface area contributed by atoms with Crippen LogP contribution in [0.3, 0.4) is 0 Å². The maximum Gasteiger partial charge on any atom is 0.242 e. The van der Waals surface area contributed by atoms with Crippen LogP contribution in [0, 0.1) is 0 Å². The molecule has 0 unspecified atom stereocenters. The van der Waals surface area contributed by atoms with Crippen molar-refractivity contribution in [1.82, 2.24) is 4.72 Å². The van der Waals surface area contributed by atoms with Gasteiger partial charge in [0.15, 0.2) is 0 Å². The molecule has 0 saturated heterocycles. The fraction of sp³-hybridized carbons (Fsp3) is 0.0769. The van der Waals surface area contributed by atoms with E-state index in [0.29, 0.717) is 22.1 Å². The summed E-state index contributed by atoms with van der Waals surface area (Å²) in [5.41, 5.74) is 7.21. The SMILES string of the molecule is CNS(=O)(=O)c1ccccc1Nc1cc(N)ccc1Cl. The second-order valence-electron chi connectivity index (χ2n) is 4.07. The van der Waals surface area contributed by atoms with Gasteiger partial charge in [-0.3, -0.25) is 0 Å². The molecule has 0 fully saturated rings. The summed E-state index contributed by atoms with van der Waals surface area (Å²) < 4.78 is 26.2. The minimum Gasteiger partial charge on any atom is -0.399 e. The molecule has 5 nitrogen and oxygen atoms in total. The number of hydrogen-bond donors (Lipinski definition) is 3. The number of nitrogen functional groups attached to an aromatic ring is 1. The van der Waals surface area contributed by atoms with Crippen LogP contribution in [-0.4, -0.2) is 15.5 Å². The highest BCUT2D eigenvalue weighted by Crippen LogP contribution is 2.30. The summed E-state index contributed by atoms with van der Waals surface area (Å²) >= 11 is 6.06. The van der Waals surface area contributed by atoms with E-state index in [1.165, 1.54) is 13.1 Å². The first-order valence-corrected chi connectivity index (χ1v) is 7.65. The van der Waals surface area contributed by atoms with Gasteiger partial charge in [-0.2, -0.15) is 0 Å². The van der Waals surface area contributed by atoms with Gasteiger partial charge in [0, 0.05) is 5.69 Å². The summed E-state index contributed by atoms with van der Waals surface area (Å²) in [6, 6.07) is 11.5. The topological polar surface area (TPSA) is 84.2 Å². The molecule has 0 aliphatic rings. The second-order valence-corrected chi connectivity index (χ2v) is 6.33. The van der Waals surface area contributed by atoms with Gasteiger partial charge in [0.2, 0.25) is 10.0 Å². The van der Waals surface area contributed by atoms with Crippen molar-refractivity contribution in [2.45, 2.75) is 4.90 Å². The van der Waals surface area contributed by atoms with Gasteiger partial charge in [-0.25, -0.2) is 13.1 Å². The summed E-state index contributed by atoms with van der Waals surface area (Å²) in [5.74, 6) is 0. The van der Waals surface area contributed by atoms with Gasteiger partial charge in [0.05, 0.1) is 16.4 Å². The summed E-state index contributed by atoms with van der Waals surface area (Å²) in [5, 5.41) is 3.45. The first kappa shape index (κ1) is 14.6. The number of sulfonamides is 1. The van der Waals surface area contributed by atoms with E-state index in [2.05, 4.69) is 10.0 Å². The third kappa shape index (κ3) is 3.04. The highest BCUT2D eigenvalue weighted by atomic mass is 35.5. The van der Waals surface area contributed by atoms with Crippen molar-refractivity contribution in [3.63, 3.8) is 0 Å². The van der Waals surface area contributed by atoms with Crippen LogP contribution in [0.25, 0.3) is 0 Å². The van der Waals surface area contributed by atoms with E-state index in [4.69, 9.17) is 17.3 Å². The Morgan fingerprint density at radius 1 is 1.10 bits per heavy atom. The van der Waals surface area contributed by atoms with E-state index < -0.39 is 10.0 Å². The van der Waals surface area contributed by atoms with Crippen LogP contribution in [0.5, 0.6) is 0 Å². The fourth-order valence-corrected chi connectivity index (χ4v) is 2.75. The summed E-state index contributed by atoms with van der Waals surface area (Å²) in [6.45, 7) is 0. The molecule has 0 aromatic heterocycles. The normalized spacial score (nSPS) is 11.3. The highest BCUT2D eigenvalue weighted by molar-refractivity contribution is 7.89. The zero-order valence-corrected chi connectivity index (χ0v) is 12.3. The quantitative estimate of drug-likeness (QED) is 0.758. The van der Waals surface area contributed by atoms with Crippen LogP contribution in [0.15, 0.2) is 47.4 Å². The minimum absolute atomic E-state index is 0.140. The van der Waals surface area contributed by atoms with Gasteiger partial charge in [0.25, 0.3) is 0 Å². The molecule has 0 spiro atoms. The van der Waals surface area contributed by atoms with Gasteiger partial charge in [0.1, 0.15) is 4.90 Å². The molecule has 7 heteroatoms. The van der Waals surface area contributed by atoms with Gasteiger partial charge < -0.3 is 11.1 Å². The highest BCUT2D eigenvalue weighted by Gasteiger charge is 2.16. The molecule has 106 valence electrons. The molecule has 2 rings (SSSR count). The number of benzene rings is 2. The average molecular weight is 312 g/mol. The van der Waals surface area contributed by atoms with Crippen LogP contribution in [0.1, 0.15) is 0 Å². The fourth-order valence-electron chi connectivity index (χ4n) is 1.70. The number of rotatable bonds is 4. The molecular formula is C13H14ClN3O2S. The first-order valence-electron chi connectivity index (χ1n) is 5.78. The van der Waals surface area contributed by atoms with Crippen LogP contribution in [0.4, 0.5) is 17.1 Å². The molecule has 4 N–H and O–H groups in total. The zero-order chi connectivity index (χ0) is 14.8. The van der Waals surface area contributed by atoms with Crippen molar-refractivity contribution >= 4 is 38.7 Å². The van der Waals surface area contributed by atoms with Gasteiger partial charge in [-0.05, 0) is 37.4 Å². The predicted molar refractivity (Wildman–Crippen MR) is 81.8 cm³/mol. The number of hydrogen-bond acceptors (Lipinski definition) is 4. The molecule has 2 aromatic rings. The summed E-state index contributed by atoms with van der Waals surface area (Å²) in [6.07, 6.45) is 0. The summed E-state index contributed by atoms with van der Waals surface area (Å²) in [4.78, 5) is 0.140. The van der Waals surface area contributed by atoms with Crippen molar-refractivity contribution in [2.75, 3.05) is 18.1 Å². The molecular weight excluding hydrogens is 298 g/mol. The summed E-state index contributed by atoms with van der Waals surface area (Å²) in [7, 11) is -2.20. The van der Waals surface area contributed by atoms with Crippen LogP contribution < -0.4 is 15.8 Å². The molecule has 0 amide bonds. The molecule has 0 aliphatic heterocycles. The van der Waals surface area contributed by atoms with Crippen molar-refractivity contribution in [1.29, 1.82) is 0 Å². The predicted octanol–water partition coefficient (Wildman–Crippen LogP) is 2.57. The maximum absolute atomic E-state index is 12.0. The van der Waals surface area contributed by atoms with Crippen molar-refractivity contribution in [2.24, 2.45) is 0 Å². The lowest BCUT2D eigenvalue weighted by Crippen LogP contribution is -2.19. The Bertz CT molecular complexity index is 732. The smallest absolute Gasteiger partial charge is 0.242 e. The Hall–Kier alpha value is -1.76. The maximum atomic E-state index is 12.0. The lowest BCUT2D eigenvalue weighted by Gasteiger charge is -2.13. The Morgan fingerprint density at radius 2 is 1.80 bits per heavy atom.